The van der Waals surface area contributed by atoms with Crippen LogP contribution >= 0.6 is 11.6 Å². The molecule has 1 fully saturated rings. The van der Waals surface area contributed by atoms with Crippen molar-refractivity contribution in [1.29, 1.82) is 0 Å². The molecule has 1 N–H and O–H groups in total. The van der Waals surface area contributed by atoms with E-state index in [-0.39, 0.29) is 17.9 Å². The summed E-state index contributed by atoms with van der Waals surface area (Å²) in [5, 5.41) is 3.87. The van der Waals surface area contributed by atoms with Crippen LogP contribution in [0.4, 0.5) is 0 Å². The summed E-state index contributed by atoms with van der Waals surface area (Å²) in [6.45, 7) is 6.97. The van der Waals surface area contributed by atoms with Crippen LogP contribution in [0.1, 0.15) is 38.7 Å². The zero-order chi connectivity index (χ0) is 15.2. The Morgan fingerprint density at radius 1 is 1.43 bits per heavy atom. The molecule has 21 heavy (non-hydrogen) atoms. The molecule has 1 aromatic carbocycles. The molecule has 0 aromatic heterocycles. The predicted octanol–water partition coefficient (Wildman–Crippen LogP) is 3.47. The summed E-state index contributed by atoms with van der Waals surface area (Å²) >= 11 is 5.91. The molecule has 3 nitrogen and oxygen atoms in total. The number of likely N-dealkylation sites (tertiary alicyclic amines) is 1. The minimum Gasteiger partial charge on any atom is -0.353 e. The third kappa shape index (κ3) is 5.01. The van der Waals surface area contributed by atoms with Crippen molar-refractivity contribution >= 4 is 17.5 Å². The van der Waals surface area contributed by atoms with Gasteiger partial charge in [0.05, 0.1) is 5.92 Å². The van der Waals surface area contributed by atoms with Gasteiger partial charge in [0.25, 0.3) is 0 Å². The fourth-order valence-electron chi connectivity index (χ4n) is 2.72. The highest BCUT2D eigenvalue weighted by molar-refractivity contribution is 6.30. The van der Waals surface area contributed by atoms with Gasteiger partial charge in [0.1, 0.15) is 0 Å². The maximum absolute atomic E-state index is 12.3. The number of hydrogen-bond donors (Lipinski definition) is 1. The molecule has 0 aliphatic carbocycles. The van der Waals surface area contributed by atoms with Gasteiger partial charge in [-0.2, -0.15) is 0 Å². The highest BCUT2D eigenvalue weighted by Gasteiger charge is 2.26. The fraction of sp³-hybridized carbons (Fsp3) is 0.588. The molecule has 1 aromatic rings. The normalized spacial score (nSPS) is 21.0. The SMILES string of the molecule is CC[C@@H](C)NC(=O)[C@H]1CCCN(Cc2ccc(Cl)cc2)C1. The number of halogens is 1. The second-order valence-corrected chi connectivity index (χ2v) is 6.46. The van der Waals surface area contributed by atoms with Gasteiger partial charge in [0.15, 0.2) is 0 Å². The Labute approximate surface area is 132 Å². The standard InChI is InChI=1S/C17H25ClN2O/c1-3-13(2)19-17(21)15-5-4-10-20(12-15)11-14-6-8-16(18)9-7-14/h6-9,13,15H,3-5,10-12H2,1-2H3,(H,19,21)/t13-,15+/m1/s1. The molecule has 0 bridgehead atoms. The van der Waals surface area contributed by atoms with Gasteiger partial charge in [0, 0.05) is 24.2 Å². The number of carbonyl (C=O) groups excluding carboxylic acids is 1. The van der Waals surface area contributed by atoms with E-state index in [9.17, 15) is 4.79 Å². The molecule has 1 saturated heterocycles. The number of hydrogen-bond acceptors (Lipinski definition) is 2. The van der Waals surface area contributed by atoms with Crippen LogP contribution in [-0.2, 0) is 11.3 Å². The summed E-state index contributed by atoms with van der Waals surface area (Å²) in [6.07, 6.45) is 3.07. The van der Waals surface area contributed by atoms with Crippen LogP contribution in [0.3, 0.4) is 0 Å². The van der Waals surface area contributed by atoms with Gasteiger partial charge in [-0.3, -0.25) is 9.69 Å². The van der Waals surface area contributed by atoms with Crippen LogP contribution in [-0.4, -0.2) is 29.9 Å². The van der Waals surface area contributed by atoms with E-state index in [2.05, 4.69) is 36.2 Å². The molecule has 0 unspecified atom stereocenters. The predicted molar refractivity (Wildman–Crippen MR) is 87.3 cm³/mol. The number of nitrogens with zero attached hydrogens (tertiary/aromatic N) is 1. The highest BCUT2D eigenvalue weighted by Crippen LogP contribution is 2.20. The first-order chi connectivity index (χ1) is 10.1. The minimum absolute atomic E-state index is 0.125. The minimum atomic E-state index is 0.125. The first kappa shape index (κ1) is 16.3. The second-order valence-electron chi connectivity index (χ2n) is 6.02. The number of nitrogens with one attached hydrogen (secondary N) is 1. The Morgan fingerprint density at radius 3 is 2.81 bits per heavy atom. The largest absolute Gasteiger partial charge is 0.353 e. The van der Waals surface area contributed by atoms with E-state index in [1.807, 2.05) is 12.1 Å². The topological polar surface area (TPSA) is 32.3 Å². The second kappa shape index (κ2) is 7.81. The number of rotatable bonds is 5. The van der Waals surface area contributed by atoms with Crippen molar-refractivity contribution in [3.63, 3.8) is 0 Å². The molecule has 4 heteroatoms. The van der Waals surface area contributed by atoms with Crippen molar-refractivity contribution in [2.75, 3.05) is 13.1 Å². The van der Waals surface area contributed by atoms with E-state index in [0.29, 0.717) is 0 Å². The zero-order valence-electron chi connectivity index (χ0n) is 12.9. The summed E-state index contributed by atoms with van der Waals surface area (Å²) in [7, 11) is 0. The van der Waals surface area contributed by atoms with Crippen molar-refractivity contribution < 1.29 is 4.79 Å². The number of amides is 1. The summed E-state index contributed by atoms with van der Waals surface area (Å²) in [4.78, 5) is 14.6. The first-order valence-corrected chi connectivity index (χ1v) is 8.23. The molecule has 1 aliphatic heterocycles. The van der Waals surface area contributed by atoms with Crippen molar-refractivity contribution in [3.8, 4) is 0 Å². The van der Waals surface area contributed by atoms with Crippen molar-refractivity contribution in [3.05, 3.63) is 34.9 Å². The maximum Gasteiger partial charge on any atom is 0.224 e. The Balaban J connectivity index is 1.88. The van der Waals surface area contributed by atoms with Gasteiger partial charge < -0.3 is 5.32 Å². The monoisotopic (exact) mass is 308 g/mol. The van der Waals surface area contributed by atoms with E-state index < -0.39 is 0 Å². The molecule has 2 rings (SSSR count). The molecular weight excluding hydrogens is 284 g/mol. The van der Waals surface area contributed by atoms with Gasteiger partial charge in [-0.15, -0.1) is 0 Å². The lowest BCUT2D eigenvalue weighted by Crippen LogP contribution is -2.44. The number of benzene rings is 1. The molecule has 0 radical (unpaired) electrons. The Hall–Kier alpha value is -1.06. The Bertz CT molecular complexity index is 460. The third-order valence-electron chi connectivity index (χ3n) is 4.20. The zero-order valence-corrected chi connectivity index (χ0v) is 13.7. The third-order valence-corrected chi connectivity index (χ3v) is 4.45. The van der Waals surface area contributed by atoms with Crippen LogP contribution in [0.15, 0.2) is 24.3 Å². The lowest BCUT2D eigenvalue weighted by atomic mass is 9.96. The van der Waals surface area contributed by atoms with Gasteiger partial charge in [-0.25, -0.2) is 0 Å². The van der Waals surface area contributed by atoms with Crippen molar-refractivity contribution in [2.24, 2.45) is 5.92 Å². The first-order valence-electron chi connectivity index (χ1n) is 7.85. The molecule has 116 valence electrons. The molecule has 2 atom stereocenters. The molecule has 1 heterocycles. The summed E-state index contributed by atoms with van der Waals surface area (Å²) in [5.74, 6) is 0.338. The molecule has 0 saturated carbocycles. The summed E-state index contributed by atoms with van der Waals surface area (Å²) in [6, 6.07) is 8.24. The fourth-order valence-corrected chi connectivity index (χ4v) is 2.85. The molecule has 1 aliphatic rings. The maximum atomic E-state index is 12.3. The number of carbonyl (C=O) groups is 1. The van der Waals surface area contributed by atoms with E-state index in [1.54, 1.807) is 0 Å². The van der Waals surface area contributed by atoms with Gasteiger partial charge in [-0.05, 0) is 50.4 Å². The Morgan fingerprint density at radius 2 is 2.14 bits per heavy atom. The van der Waals surface area contributed by atoms with Crippen LogP contribution in [0.25, 0.3) is 0 Å². The average molecular weight is 309 g/mol. The quantitative estimate of drug-likeness (QED) is 0.903. The molecule has 1 amide bonds. The van der Waals surface area contributed by atoms with Crippen LogP contribution < -0.4 is 5.32 Å². The van der Waals surface area contributed by atoms with E-state index in [0.717, 1.165) is 43.9 Å². The highest BCUT2D eigenvalue weighted by atomic mass is 35.5. The van der Waals surface area contributed by atoms with Crippen LogP contribution in [0, 0.1) is 5.92 Å². The lowest BCUT2D eigenvalue weighted by molar-refractivity contribution is -0.127. The van der Waals surface area contributed by atoms with E-state index >= 15 is 0 Å². The Kier molecular flexibility index (Phi) is 6.07. The van der Waals surface area contributed by atoms with Crippen molar-refractivity contribution in [2.45, 2.75) is 45.7 Å². The lowest BCUT2D eigenvalue weighted by Gasteiger charge is -2.32. The van der Waals surface area contributed by atoms with Crippen LogP contribution in [0.5, 0.6) is 0 Å². The average Bonchev–Trinajstić information content (AvgIpc) is 2.49. The van der Waals surface area contributed by atoms with Gasteiger partial charge in [-0.1, -0.05) is 30.7 Å². The molecule has 0 spiro atoms. The summed E-state index contributed by atoms with van der Waals surface area (Å²) in [5.41, 5.74) is 1.25. The van der Waals surface area contributed by atoms with Gasteiger partial charge in [0.2, 0.25) is 5.91 Å². The van der Waals surface area contributed by atoms with Gasteiger partial charge >= 0.3 is 0 Å². The smallest absolute Gasteiger partial charge is 0.224 e. The molecular formula is C17H25ClN2O. The number of piperidine rings is 1. The summed E-state index contributed by atoms with van der Waals surface area (Å²) < 4.78 is 0. The van der Waals surface area contributed by atoms with Crippen molar-refractivity contribution in [1.82, 2.24) is 10.2 Å². The van der Waals surface area contributed by atoms with E-state index in [4.69, 9.17) is 11.6 Å². The van der Waals surface area contributed by atoms with Crippen LogP contribution in [0.2, 0.25) is 5.02 Å². The van der Waals surface area contributed by atoms with E-state index in [1.165, 1.54) is 5.56 Å².